The van der Waals surface area contributed by atoms with Gasteiger partial charge in [-0.05, 0) is 28.5 Å². The zero-order valence-electron chi connectivity index (χ0n) is 7.81. The number of allylic oxidation sites excluding steroid dienone is 3. The van der Waals surface area contributed by atoms with E-state index in [1.165, 1.54) is 12.2 Å². The highest BCUT2D eigenvalue weighted by molar-refractivity contribution is 14.1. The summed E-state index contributed by atoms with van der Waals surface area (Å²) in [7, 11) is 0. The SMILES string of the molecule is CC1C=CC([N+](=O)[O-])=C(I)C(C(=O)O)=C1. The van der Waals surface area contributed by atoms with E-state index in [1.807, 2.05) is 0 Å². The summed E-state index contributed by atoms with van der Waals surface area (Å²) in [6.07, 6.45) is 4.45. The molecule has 1 aliphatic rings. The van der Waals surface area contributed by atoms with E-state index in [0.29, 0.717) is 0 Å². The van der Waals surface area contributed by atoms with Crippen molar-refractivity contribution in [2.24, 2.45) is 5.92 Å². The molecule has 1 rings (SSSR count). The summed E-state index contributed by atoms with van der Waals surface area (Å²) in [6, 6.07) is 0. The highest BCUT2D eigenvalue weighted by atomic mass is 127. The van der Waals surface area contributed by atoms with E-state index in [2.05, 4.69) is 0 Å². The lowest BCUT2D eigenvalue weighted by atomic mass is 10.1. The minimum absolute atomic E-state index is 0.0141. The van der Waals surface area contributed by atoms with E-state index in [-0.39, 0.29) is 20.8 Å². The number of aliphatic carboxylic acids is 1. The van der Waals surface area contributed by atoms with Crippen molar-refractivity contribution in [3.63, 3.8) is 0 Å². The van der Waals surface area contributed by atoms with E-state index in [9.17, 15) is 14.9 Å². The van der Waals surface area contributed by atoms with Gasteiger partial charge >= 0.3 is 5.97 Å². The maximum atomic E-state index is 10.9. The first-order valence-corrected chi connectivity index (χ1v) is 5.19. The Balaban J connectivity index is 3.32. The zero-order valence-corrected chi connectivity index (χ0v) is 9.96. The molecule has 15 heavy (non-hydrogen) atoms. The summed E-state index contributed by atoms with van der Waals surface area (Å²) < 4.78 is 0.158. The average Bonchev–Trinajstić information content (AvgIpc) is 2.26. The number of nitro groups is 1. The number of halogens is 1. The lowest BCUT2D eigenvalue weighted by Crippen LogP contribution is -2.05. The van der Waals surface area contributed by atoms with Crippen molar-refractivity contribution in [1.82, 2.24) is 0 Å². The van der Waals surface area contributed by atoms with Crippen LogP contribution in [0.25, 0.3) is 0 Å². The first-order valence-electron chi connectivity index (χ1n) is 4.11. The molecule has 1 atom stereocenters. The quantitative estimate of drug-likeness (QED) is 0.480. The van der Waals surface area contributed by atoms with Crippen molar-refractivity contribution in [2.45, 2.75) is 6.92 Å². The molecule has 0 saturated heterocycles. The van der Waals surface area contributed by atoms with Crippen LogP contribution in [0.4, 0.5) is 0 Å². The molecule has 0 radical (unpaired) electrons. The molecule has 80 valence electrons. The van der Waals surface area contributed by atoms with Crippen LogP contribution in [0.15, 0.2) is 33.1 Å². The van der Waals surface area contributed by atoms with Gasteiger partial charge < -0.3 is 5.11 Å². The maximum absolute atomic E-state index is 10.9. The molecular weight excluding hydrogens is 313 g/mol. The summed E-state index contributed by atoms with van der Waals surface area (Å²) in [4.78, 5) is 21.0. The second-order valence-corrected chi connectivity index (χ2v) is 4.14. The van der Waals surface area contributed by atoms with Crippen molar-refractivity contribution >= 4 is 28.6 Å². The summed E-state index contributed by atoms with van der Waals surface area (Å²) in [6.45, 7) is 1.77. The Kier molecular flexibility index (Phi) is 3.61. The van der Waals surface area contributed by atoms with Gasteiger partial charge in [0, 0.05) is 6.08 Å². The Morgan fingerprint density at radius 1 is 1.67 bits per heavy atom. The molecule has 0 aliphatic heterocycles. The summed E-state index contributed by atoms with van der Waals surface area (Å²) in [5, 5.41) is 19.6. The average molecular weight is 321 g/mol. The molecule has 1 N–H and O–H groups in total. The number of carbonyl (C=O) groups is 1. The number of hydrogen-bond donors (Lipinski definition) is 1. The van der Waals surface area contributed by atoms with E-state index >= 15 is 0 Å². The molecule has 1 aliphatic carbocycles. The molecule has 6 heteroatoms. The Bertz CT molecular complexity index is 408. The molecule has 0 aromatic rings. The van der Waals surface area contributed by atoms with E-state index in [0.717, 1.165) is 0 Å². The molecule has 1 unspecified atom stereocenters. The van der Waals surface area contributed by atoms with Gasteiger partial charge in [-0.25, -0.2) is 4.79 Å². The number of nitrogens with zero attached hydrogens (tertiary/aromatic N) is 1. The zero-order chi connectivity index (χ0) is 11.6. The van der Waals surface area contributed by atoms with Gasteiger partial charge in [-0.1, -0.05) is 19.1 Å². The predicted molar refractivity (Wildman–Crippen MR) is 62.1 cm³/mol. The summed E-state index contributed by atoms with van der Waals surface area (Å²) in [5.74, 6) is -1.27. The van der Waals surface area contributed by atoms with Crippen molar-refractivity contribution in [3.8, 4) is 0 Å². The Morgan fingerprint density at radius 3 is 2.73 bits per heavy atom. The largest absolute Gasteiger partial charge is 0.478 e. The fraction of sp³-hybridized carbons (Fsp3) is 0.222. The van der Waals surface area contributed by atoms with Crippen LogP contribution >= 0.6 is 22.6 Å². The molecule has 0 aromatic carbocycles. The second-order valence-electron chi connectivity index (χ2n) is 3.06. The Morgan fingerprint density at radius 2 is 2.27 bits per heavy atom. The molecule has 0 heterocycles. The van der Waals surface area contributed by atoms with Crippen molar-refractivity contribution in [1.29, 1.82) is 0 Å². The standard InChI is InChI=1S/C9H8INO4/c1-5-2-3-7(11(14)15)8(10)6(4-5)9(12)13/h2-5H,1H3,(H,12,13). The Labute approximate surface area is 99.5 Å². The van der Waals surface area contributed by atoms with Crippen LogP contribution in [0.2, 0.25) is 0 Å². The summed E-state index contributed by atoms with van der Waals surface area (Å²) in [5.41, 5.74) is -0.187. The fourth-order valence-corrected chi connectivity index (χ4v) is 1.94. The molecule has 0 fully saturated rings. The molecule has 5 nitrogen and oxygen atoms in total. The van der Waals surface area contributed by atoms with Gasteiger partial charge in [0.1, 0.15) is 3.58 Å². The minimum atomic E-state index is -1.14. The molecular formula is C9H8INO4. The minimum Gasteiger partial charge on any atom is -0.478 e. The van der Waals surface area contributed by atoms with E-state index < -0.39 is 10.9 Å². The molecule has 0 amide bonds. The number of hydrogen-bond acceptors (Lipinski definition) is 3. The van der Waals surface area contributed by atoms with Gasteiger partial charge in [-0.2, -0.15) is 0 Å². The van der Waals surface area contributed by atoms with Crippen LogP contribution in [0.1, 0.15) is 6.92 Å². The number of carboxylic acid groups (broad SMARTS) is 1. The van der Waals surface area contributed by atoms with Crippen molar-refractivity contribution in [2.75, 3.05) is 0 Å². The first kappa shape index (κ1) is 11.9. The van der Waals surface area contributed by atoms with E-state index in [4.69, 9.17) is 5.11 Å². The normalized spacial score (nSPS) is 20.9. The number of carboxylic acids is 1. The monoisotopic (exact) mass is 321 g/mol. The molecule has 0 spiro atoms. The topological polar surface area (TPSA) is 80.4 Å². The van der Waals surface area contributed by atoms with Crippen LogP contribution < -0.4 is 0 Å². The molecule has 0 aromatic heterocycles. The van der Waals surface area contributed by atoms with E-state index in [1.54, 1.807) is 35.6 Å². The lowest BCUT2D eigenvalue weighted by Gasteiger charge is -2.00. The third-order valence-corrected chi connectivity index (χ3v) is 3.01. The molecule has 0 saturated carbocycles. The smallest absolute Gasteiger partial charge is 0.336 e. The Hall–Kier alpha value is -1.18. The van der Waals surface area contributed by atoms with Gasteiger partial charge in [0.25, 0.3) is 5.70 Å². The fourth-order valence-electron chi connectivity index (χ4n) is 1.15. The van der Waals surface area contributed by atoms with Crippen LogP contribution in [0, 0.1) is 16.0 Å². The predicted octanol–water partition coefficient (Wildman–Crippen LogP) is 2.13. The van der Waals surface area contributed by atoms with Gasteiger partial charge in [-0.15, -0.1) is 0 Å². The third kappa shape index (κ3) is 2.65. The van der Waals surface area contributed by atoms with Crippen molar-refractivity contribution < 1.29 is 14.8 Å². The number of rotatable bonds is 2. The first-order chi connectivity index (χ1) is 6.93. The maximum Gasteiger partial charge on any atom is 0.336 e. The lowest BCUT2D eigenvalue weighted by molar-refractivity contribution is -0.419. The van der Waals surface area contributed by atoms with Gasteiger partial charge in [-0.3, -0.25) is 10.1 Å². The van der Waals surface area contributed by atoms with Crippen LogP contribution in [0.3, 0.4) is 0 Å². The van der Waals surface area contributed by atoms with Crippen molar-refractivity contribution in [3.05, 3.63) is 43.2 Å². The van der Waals surface area contributed by atoms with Crippen LogP contribution in [0.5, 0.6) is 0 Å². The van der Waals surface area contributed by atoms with Gasteiger partial charge in [0.05, 0.1) is 10.5 Å². The molecule has 0 bridgehead atoms. The van der Waals surface area contributed by atoms with Crippen LogP contribution in [-0.4, -0.2) is 16.0 Å². The third-order valence-electron chi connectivity index (χ3n) is 1.88. The highest BCUT2D eigenvalue weighted by Gasteiger charge is 2.24. The van der Waals surface area contributed by atoms with Crippen LogP contribution in [-0.2, 0) is 4.79 Å². The van der Waals surface area contributed by atoms with Gasteiger partial charge in [0.15, 0.2) is 0 Å². The van der Waals surface area contributed by atoms with Gasteiger partial charge in [0.2, 0.25) is 0 Å². The second kappa shape index (κ2) is 4.56. The highest BCUT2D eigenvalue weighted by Crippen LogP contribution is 2.28. The summed E-state index contributed by atoms with van der Waals surface area (Å²) >= 11 is 1.68.